The predicted molar refractivity (Wildman–Crippen MR) is 90.2 cm³/mol. The van der Waals surface area contributed by atoms with E-state index in [1.54, 1.807) is 6.08 Å². The molecule has 0 fully saturated rings. The van der Waals surface area contributed by atoms with Crippen LogP contribution in [0, 0.1) is 5.92 Å². The van der Waals surface area contributed by atoms with Crippen LogP contribution < -0.4 is 0 Å². The Morgan fingerprint density at radius 1 is 1.22 bits per heavy atom. The molecule has 0 amide bonds. The van der Waals surface area contributed by atoms with Gasteiger partial charge in [-0.1, -0.05) is 26.0 Å². The van der Waals surface area contributed by atoms with Gasteiger partial charge >= 0.3 is 5.97 Å². The smallest absolute Gasteiger partial charge is 0.363 e. The highest BCUT2D eigenvalue weighted by Crippen LogP contribution is 2.18. The molecule has 1 N–H and O–H groups in total. The van der Waals surface area contributed by atoms with Crippen molar-refractivity contribution in [2.75, 3.05) is 0 Å². The molecule has 118 valence electrons. The molecule has 0 unspecified atom stereocenters. The molecule has 2 aromatic rings. The average Bonchev–Trinajstić information content (AvgIpc) is 3.15. The van der Waals surface area contributed by atoms with E-state index in [1.807, 2.05) is 30.5 Å². The first-order valence-electron chi connectivity index (χ1n) is 7.84. The van der Waals surface area contributed by atoms with Gasteiger partial charge in [0.25, 0.3) is 0 Å². The summed E-state index contributed by atoms with van der Waals surface area (Å²) in [6.45, 7) is 4.38. The Labute approximate surface area is 135 Å². The molecule has 2 heterocycles. The molecule has 0 bridgehead atoms. The number of H-pyrrole nitrogens is 1. The van der Waals surface area contributed by atoms with Gasteiger partial charge in [0, 0.05) is 23.9 Å². The average molecular weight is 308 g/mol. The number of hydrogen-bond donors (Lipinski definition) is 1. The fraction of sp³-hybridized carbons (Fsp3) is 0.263. The van der Waals surface area contributed by atoms with Crippen LogP contribution in [-0.4, -0.2) is 16.9 Å². The molecular formula is C19H20N2O2. The first-order valence-corrected chi connectivity index (χ1v) is 7.84. The van der Waals surface area contributed by atoms with Crippen LogP contribution in [-0.2, 0) is 22.4 Å². The summed E-state index contributed by atoms with van der Waals surface area (Å²) < 4.78 is 5.28. The Bertz CT molecular complexity index is 738. The van der Waals surface area contributed by atoms with E-state index in [2.05, 4.69) is 36.0 Å². The predicted octanol–water partition coefficient (Wildman–Crippen LogP) is 3.64. The third kappa shape index (κ3) is 3.77. The summed E-state index contributed by atoms with van der Waals surface area (Å²) in [7, 11) is 0. The second-order valence-electron chi connectivity index (χ2n) is 6.09. The summed E-state index contributed by atoms with van der Waals surface area (Å²) >= 11 is 0. The van der Waals surface area contributed by atoms with Crippen molar-refractivity contribution in [1.29, 1.82) is 0 Å². The number of aromatic amines is 1. The standard InChI is InChI=1S/C19H20N2O2/c1-13(2)12-14-5-7-15(8-6-14)18-21-17(19(22)23-18)10-9-16-4-3-11-20-16/h3-8,10-11,13,20H,9,12H2,1-2H3/b17-10+. The monoisotopic (exact) mass is 308 g/mol. The Balaban J connectivity index is 1.74. The third-order valence-corrected chi connectivity index (χ3v) is 3.64. The highest BCUT2D eigenvalue weighted by atomic mass is 16.6. The number of esters is 1. The van der Waals surface area contributed by atoms with E-state index in [1.165, 1.54) is 5.56 Å². The summed E-state index contributed by atoms with van der Waals surface area (Å²) in [4.78, 5) is 19.3. The number of carbonyl (C=O) groups excluding carboxylic acids is 1. The SMILES string of the molecule is CC(C)Cc1ccc(C2=N/C(=C/Cc3ccc[nH]3)C(=O)O2)cc1. The molecule has 3 rings (SSSR count). The number of cyclic esters (lactones) is 1. The maximum absolute atomic E-state index is 11.9. The number of ether oxygens (including phenoxy) is 1. The van der Waals surface area contributed by atoms with E-state index in [9.17, 15) is 4.79 Å². The van der Waals surface area contributed by atoms with E-state index in [0.717, 1.165) is 17.7 Å². The quantitative estimate of drug-likeness (QED) is 0.677. The number of aliphatic imine (C=N–C) groups is 1. The minimum atomic E-state index is -0.391. The zero-order valence-corrected chi connectivity index (χ0v) is 13.4. The topological polar surface area (TPSA) is 54.5 Å². The van der Waals surface area contributed by atoms with Crippen molar-refractivity contribution >= 4 is 11.9 Å². The fourth-order valence-corrected chi connectivity index (χ4v) is 2.53. The van der Waals surface area contributed by atoms with Crippen LogP contribution in [0.2, 0.25) is 0 Å². The van der Waals surface area contributed by atoms with Crippen LogP contribution in [0.5, 0.6) is 0 Å². The maximum Gasteiger partial charge on any atom is 0.363 e. The number of aromatic nitrogens is 1. The van der Waals surface area contributed by atoms with E-state index >= 15 is 0 Å². The van der Waals surface area contributed by atoms with E-state index in [4.69, 9.17) is 4.74 Å². The summed E-state index contributed by atoms with van der Waals surface area (Å²) in [6, 6.07) is 11.9. The lowest BCUT2D eigenvalue weighted by atomic mass is 10.0. The molecule has 1 aliphatic heterocycles. The number of nitrogens with zero attached hydrogens (tertiary/aromatic N) is 1. The summed E-state index contributed by atoms with van der Waals surface area (Å²) in [5, 5.41) is 0. The minimum absolute atomic E-state index is 0.362. The molecule has 0 radical (unpaired) electrons. The zero-order valence-electron chi connectivity index (χ0n) is 13.4. The molecular weight excluding hydrogens is 288 g/mol. The minimum Gasteiger partial charge on any atom is -0.402 e. The van der Waals surface area contributed by atoms with Crippen molar-refractivity contribution < 1.29 is 9.53 Å². The second-order valence-corrected chi connectivity index (χ2v) is 6.09. The molecule has 0 aliphatic carbocycles. The van der Waals surface area contributed by atoms with Crippen LogP contribution in [0.15, 0.2) is 59.4 Å². The summed E-state index contributed by atoms with van der Waals surface area (Å²) in [6.07, 6.45) is 5.30. The lowest BCUT2D eigenvalue weighted by Crippen LogP contribution is -2.05. The van der Waals surface area contributed by atoms with Gasteiger partial charge in [-0.05, 0) is 48.2 Å². The summed E-state index contributed by atoms with van der Waals surface area (Å²) in [5.41, 5.74) is 3.50. The van der Waals surface area contributed by atoms with Gasteiger partial charge < -0.3 is 9.72 Å². The highest BCUT2D eigenvalue weighted by Gasteiger charge is 2.23. The number of hydrogen-bond acceptors (Lipinski definition) is 3. The number of benzene rings is 1. The van der Waals surface area contributed by atoms with Crippen LogP contribution in [0.4, 0.5) is 0 Å². The second kappa shape index (κ2) is 6.65. The van der Waals surface area contributed by atoms with Crippen molar-refractivity contribution in [3.8, 4) is 0 Å². The van der Waals surface area contributed by atoms with E-state index in [-0.39, 0.29) is 0 Å². The first-order chi connectivity index (χ1) is 11.1. The van der Waals surface area contributed by atoms with Crippen LogP contribution in [0.1, 0.15) is 30.7 Å². The molecule has 0 atom stereocenters. The van der Waals surface area contributed by atoms with Crippen molar-refractivity contribution in [3.63, 3.8) is 0 Å². The van der Waals surface area contributed by atoms with Gasteiger partial charge in [0.1, 0.15) is 5.70 Å². The van der Waals surface area contributed by atoms with Crippen LogP contribution in [0.3, 0.4) is 0 Å². The lowest BCUT2D eigenvalue weighted by Gasteiger charge is -2.05. The van der Waals surface area contributed by atoms with Gasteiger partial charge in [-0.2, -0.15) is 0 Å². The van der Waals surface area contributed by atoms with Crippen LogP contribution in [0.25, 0.3) is 0 Å². The number of nitrogens with one attached hydrogen (secondary N) is 1. The molecule has 1 aliphatic rings. The Morgan fingerprint density at radius 2 is 2.00 bits per heavy atom. The fourth-order valence-electron chi connectivity index (χ4n) is 2.53. The number of carbonyl (C=O) groups is 1. The highest BCUT2D eigenvalue weighted by molar-refractivity contribution is 6.11. The van der Waals surface area contributed by atoms with Crippen molar-refractivity contribution in [2.24, 2.45) is 10.9 Å². The Kier molecular flexibility index (Phi) is 4.42. The molecule has 0 spiro atoms. The van der Waals surface area contributed by atoms with Gasteiger partial charge in [-0.25, -0.2) is 9.79 Å². The van der Waals surface area contributed by atoms with Gasteiger partial charge in [0.05, 0.1) is 0 Å². The van der Waals surface area contributed by atoms with Crippen molar-refractivity contribution in [1.82, 2.24) is 4.98 Å². The van der Waals surface area contributed by atoms with Gasteiger partial charge in [0.15, 0.2) is 0 Å². The molecule has 1 aromatic carbocycles. The normalized spacial score (nSPS) is 16.0. The zero-order chi connectivity index (χ0) is 16.2. The van der Waals surface area contributed by atoms with Crippen molar-refractivity contribution in [3.05, 3.63) is 71.2 Å². The lowest BCUT2D eigenvalue weighted by molar-refractivity contribution is -0.130. The molecule has 0 saturated heterocycles. The van der Waals surface area contributed by atoms with Gasteiger partial charge in [-0.15, -0.1) is 0 Å². The first kappa shape index (κ1) is 15.3. The molecule has 4 heteroatoms. The van der Waals surface area contributed by atoms with Gasteiger partial charge in [-0.3, -0.25) is 0 Å². The third-order valence-electron chi connectivity index (χ3n) is 3.64. The Hall–Kier alpha value is -2.62. The molecule has 4 nitrogen and oxygen atoms in total. The maximum atomic E-state index is 11.9. The van der Waals surface area contributed by atoms with Crippen LogP contribution >= 0.6 is 0 Å². The van der Waals surface area contributed by atoms with Crippen molar-refractivity contribution in [2.45, 2.75) is 26.7 Å². The molecule has 1 aromatic heterocycles. The summed E-state index contributed by atoms with van der Waals surface area (Å²) in [5.74, 6) is 0.603. The Morgan fingerprint density at radius 3 is 2.65 bits per heavy atom. The number of rotatable bonds is 5. The van der Waals surface area contributed by atoms with E-state index < -0.39 is 5.97 Å². The number of allylic oxidation sites excluding steroid dienone is 1. The van der Waals surface area contributed by atoms with E-state index in [0.29, 0.717) is 23.9 Å². The molecule has 23 heavy (non-hydrogen) atoms. The van der Waals surface area contributed by atoms with Gasteiger partial charge in [0.2, 0.25) is 5.90 Å². The molecule has 0 saturated carbocycles. The largest absolute Gasteiger partial charge is 0.402 e.